The van der Waals surface area contributed by atoms with Gasteiger partial charge >= 0.3 is 5.97 Å². The van der Waals surface area contributed by atoms with Crippen molar-refractivity contribution in [2.75, 3.05) is 11.4 Å². The van der Waals surface area contributed by atoms with Crippen LogP contribution in [0.1, 0.15) is 10.5 Å². The molecule has 0 saturated carbocycles. The third kappa shape index (κ3) is 2.54. The quantitative estimate of drug-likeness (QED) is 0.881. The minimum Gasteiger partial charge on any atom is -0.480 e. The van der Waals surface area contributed by atoms with Gasteiger partial charge in [0.05, 0.1) is 0 Å². The van der Waals surface area contributed by atoms with Crippen molar-refractivity contribution in [1.82, 2.24) is 5.16 Å². The number of anilines is 1. The number of carbonyl (C=O) groups is 2. The van der Waals surface area contributed by atoms with Gasteiger partial charge in [-0.2, -0.15) is 0 Å². The number of nitrogens with zero attached hydrogens (tertiary/aromatic N) is 2. The van der Waals surface area contributed by atoms with E-state index in [1.54, 1.807) is 30.3 Å². The monoisotopic (exact) mass is 246 g/mol. The molecule has 0 bridgehead atoms. The number of para-hydroxylation sites is 1. The van der Waals surface area contributed by atoms with E-state index in [0.29, 0.717) is 5.69 Å². The molecule has 2 aromatic rings. The second kappa shape index (κ2) is 5.13. The molecule has 6 nitrogen and oxygen atoms in total. The number of aromatic nitrogens is 1. The van der Waals surface area contributed by atoms with Gasteiger partial charge in [0.1, 0.15) is 12.8 Å². The van der Waals surface area contributed by atoms with Crippen LogP contribution in [0.25, 0.3) is 0 Å². The molecule has 6 heteroatoms. The number of aliphatic carboxylic acids is 1. The van der Waals surface area contributed by atoms with Crippen molar-refractivity contribution in [2.24, 2.45) is 0 Å². The van der Waals surface area contributed by atoms with Crippen molar-refractivity contribution >= 4 is 17.6 Å². The van der Waals surface area contributed by atoms with Crippen LogP contribution < -0.4 is 4.90 Å². The summed E-state index contributed by atoms with van der Waals surface area (Å²) in [6, 6.07) is 9.92. The number of carboxylic acid groups (broad SMARTS) is 1. The van der Waals surface area contributed by atoms with Gasteiger partial charge in [-0.3, -0.25) is 14.5 Å². The van der Waals surface area contributed by atoms with E-state index in [2.05, 4.69) is 9.68 Å². The van der Waals surface area contributed by atoms with E-state index >= 15 is 0 Å². The Balaban J connectivity index is 2.31. The highest BCUT2D eigenvalue weighted by Crippen LogP contribution is 2.15. The first kappa shape index (κ1) is 11.8. The molecule has 92 valence electrons. The van der Waals surface area contributed by atoms with Crippen molar-refractivity contribution in [3.63, 3.8) is 0 Å². The summed E-state index contributed by atoms with van der Waals surface area (Å²) in [6.07, 6.45) is 1.26. The van der Waals surface area contributed by atoms with Crippen molar-refractivity contribution < 1.29 is 19.2 Å². The SMILES string of the molecule is O=C(O)CN(C(=O)c1ccon1)c1ccccc1. The smallest absolute Gasteiger partial charge is 0.323 e. The number of amides is 1. The minimum absolute atomic E-state index is 0.0695. The molecule has 0 aliphatic heterocycles. The molecule has 2 rings (SSSR count). The predicted octanol–water partition coefficient (Wildman–Crippen LogP) is 1.41. The zero-order chi connectivity index (χ0) is 13.0. The second-order valence-electron chi connectivity index (χ2n) is 3.51. The lowest BCUT2D eigenvalue weighted by Crippen LogP contribution is -2.35. The van der Waals surface area contributed by atoms with Crippen molar-refractivity contribution in [2.45, 2.75) is 0 Å². The Morgan fingerprint density at radius 1 is 1.22 bits per heavy atom. The van der Waals surface area contributed by atoms with Gasteiger partial charge in [-0.15, -0.1) is 0 Å². The first-order chi connectivity index (χ1) is 8.68. The summed E-state index contributed by atoms with van der Waals surface area (Å²) in [6.45, 7) is -0.435. The van der Waals surface area contributed by atoms with E-state index in [0.717, 1.165) is 4.90 Å². The number of rotatable bonds is 4. The van der Waals surface area contributed by atoms with Crippen LogP contribution in [0, 0.1) is 0 Å². The standard InChI is InChI=1S/C12H10N2O4/c15-11(16)8-14(9-4-2-1-3-5-9)12(17)10-6-7-18-13-10/h1-7H,8H2,(H,15,16). The largest absolute Gasteiger partial charge is 0.480 e. The molecule has 1 N–H and O–H groups in total. The Morgan fingerprint density at radius 2 is 1.94 bits per heavy atom. The normalized spacial score (nSPS) is 10.0. The van der Waals surface area contributed by atoms with Gasteiger partial charge < -0.3 is 9.63 Å². The molecule has 0 atom stereocenters. The Kier molecular flexibility index (Phi) is 3.38. The maximum Gasteiger partial charge on any atom is 0.323 e. The van der Waals surface area contributed by atoms with Crippen LogP contribution in [0.3, 0.4) is 0 Å². The summed E-state index contributed by atoms with van der Waals surface area (Å²) < 4.78 is 4.58. The Hall–Kier alpha value is -2.63. The lowest BCUT2D eigenvalue weighted by molar-refractivity contribution is -0.135. The summed E-state index contributed by atoms with van der Waals surface area (Å²) in [7, 11) is 0. The van der Waals surface area contributed by atoms with E-state index in [1.165, 1.54) is 12.3 Å². The maximum atomic E-state index is 12.1. The number of hydrogen-bond acceptors (Lipinski definition) is 4. The first-order valence-corrected chi connectivity index (χ1v) is 5.17. The van der Waals surface area contributed by atoms with Crippen LogP contribution in [0.4, 0.5) is 5.69 Å². The number of carbonyl (C=O) groups excluding carboxylic acids is 1. The molecular weight excluding hydrogens is 236 g/mol. The molecule has 0 aliphatic carbocycles. The van der Waals surface area contributed by atoms with Gasteiger partial charge in [0.15, 0.2) is 5.69 Å². The van der Waals surface area contributed by atoms with Crippen molar-refractivity contribution in [1.29, 1.82) is 0 Å². The summed E-state index contributed by atoms with van der Waals surface area (Å²) in [5.41, 5.74) is 0.563. The molecule has 0 fully saturated rings. The van der Waals surface area contributed by atoms with E-state index in [-0.39, 0.29) is 5.69 Å². The third-order valence-electron chi connectivity index (χ3n) is 2.26. The van der Waals surface area contributed by atoms with E-state index in [4.69, 9.17) is 5.11 Å². The van der Waals surface area contributed by atoms with E-state index < -0.39 is 18.4 Å². The van der Waals surface area contributed by atoms with Gasteiger partial charge in [0.25, 0.3) is 5.91 Å². The highest BCUT2D eigenvalue weighted by atomic mass is 16.5. The summed E-state index contributed by atoms with van der Waals surface area (Å²) in [4.78, 5) is 24.0. The second-order valence-corrected chi connectivity index (χ2v) is 3.51. The fourth-order valence-corrected chi connectivity index (χ4v) is 1.48. The number of hydrogen-bond donors (Lipinski definition) is 1. The third-order valence-corrected chi connectivity index (χ3v) is 2.26. The van der Waals surface area contributed by atoms with E-state index in [1.807, 2.05) is 0 Å². The zero-order valence-electron chi connectivity index (χ0n) is 9.31. The summed E-state index contributed by atoms with van der Waals surface area (Å²) >= 11 is 0. The van der Waals surface area contributed by atoms with Crippen LogP contribution in [-0.2, 0) is 4.79 Å². The van der Waals surface area contributed by atoms with Crippen molar-refractivity contribution in [3.05, 3.63) is 48.4 Å². The van der Waals surface area contributed by atoms with Gasteiger partial charge in [-0.1, -0.05) is 23.4 Å². The lowest BCUT2D eigenvalue weighted by atomic mass is 10.2. The molecule has 0 unspecified atom stereocenters. The van der Waals surface area contributed by atoms with Crippen LogP contribution >= 0.6 is 0 Å². The molecule has 0 radical (unpaired) electrons. The van der Waals surface area contributed by atoms with Gasteiger partial charge in [0.2, 0.25) is 0 Å². The highest BCUT2D eigenvalue weighted by Gasteiger charge is 2.22. The Labute approximate surface area is 102 Å². The van der Waals surface area contributed by atoms with Gasteiger partial charge in [0, 0.05) is 11.8 Å². The summed E-state index contributed by atoms with van der Waals surface area (Å²) in [5.74, 6) is -1.62. The average molecular weight is 246 g/mol. The number of benzene rings is 1. The molecule has 1 amide bonds. The molecule has 1 aromatic carbocycles. The fourth-order valence-electron chi connectivity index (χ4n) is 1.48. The lowest BCUT2D eigenvalue weighted by Gasteiger charge is -2.19. The summed E-state index contributed by atoms with van der Waals surface area (Å²) in [5, 5.41) is 12.4. The average Bonchev–Trinajstić information content (AvgIpc) is 2.90. The van der Waals surface area contributed by atoms with Crippen molar-refractivity contribution in [3.8, 4) is 0 Å². The molecule has 0 spiro atoms. The Morgan fingerprint density at radius 3 is 2.50 bits per heavy atom. The fraction of sp³-hybridized carbons (Fsp3) is 0.0833. The van der Waals surface area contributed by atoms with Gasteiger partial charge in [-0.05, 0) is 12.1 Å². The molecular formula is C12H10N2O4. The Bertz CT molecular complexity index is 536. The molecule has 18 heavy (non-hydrogen) atoms. The molecule has 1 aromatic heterocycles. The first-order valence-electron chi connectivity index (χ1n) is 5.17. The van der Waals surface area contributed by atoms with E-state index in [9.17, 15) is 9.59 Å². The molecule has 0 saturated heterocycles. The van der Waals surface area contributed by atoms with Crippen LogP contribution in [-0.4, -0.2) is 28.7 Å². The predicted molar refractivity (Wildman–Crippen MR) is 62.3 cm³/mol. The molecule has 0 aliphatic rings. The minimum atomic E-state index is -1.10. The van der Waals surface area contributed by atoms with Crippen LogP contribution in [0.2, 0.25) is 0 Å². The highest BCUT2D eigenvalue weighted by molar-refractivity contribution is 6.06. The van der Waals surface area contributed by atoms with Crippen LogP contribution in [0.15, 0.2) is 47.2 Å². The zero-order valence-corrected chi connectivity index (χ0v) is 9.31. The van der Waals surface area contributed by atoms with Crippen LogP contribution in [0.5, 0.6) is 0 Å². The number of carboxylic acids is 1. The molecule has 1 heterocycles. The topological polar surface area (TPSA) is 83.6 Å². The maximum absolute atomic E-state index is 12.1. The van der Waals surface area contributed by atoms with Gasteiger partial charge in [-0.25, -0.2) is 0 Å².